The van der Waals surface area contributed by atoms with Crippen LogP contribution in [0.1, 0.15) is 19.8 Å². The zero-order chi connectivity index (χ0) is 9.26. The fourth-order valence-corrected chi connectivity index (χ4v) is 2.65. The van der Waals surface area contributed by atoms with Gasteiger partial charge in [-0.25, -0.2) is 0 Å². The maximum absolute atomic E-state index is 3.97. The first-order valence-corrected chi connectivity index (χ1v) is 5.36. The molecule has 2 aliphatic rings. The standard InChI is InChI=1S/C11H20N2/c1-9(2)6-13-7-10-4-3-5-12-11(10)8-13/h10-12H,1,3-8H2,2H3. The Bertz CT molecular complexity index is 186. The summed E-state index contributed by atoms with van der Waals surface area (Å²) in [4.78, 5) is 2.54. The zero-order valence-corrected chi connectivity index (χ0v) is 8.55. The maximum Gasteiger partial charge on any atom is 0.0235 e. The van der Waals surface area contributed by atoms with Gasteiger partial charge in [0.2, 0.25) is 0 Å². The molecular weight excluding hydrogens is 160 g/mol. The van der Waals surface area contributed by atoms with Gasteiger partial charge in [-0.1, -0.05) is 12.2 Å². The number of hydrogen-bond acceptors (Lipinski definition) is 2. The van der Waals surface area contributed by atoms with Gasteiger partial charge in [0, 0.05) is 25.7 Å². The SMILES string of the molecule is C=C(C)CN1CC2CCCNC2C1. The summed E-state index contributed by atoms with van der Waals surface area (Å²) in [5.41, 5.74) is 1.29. The second-order valence-electron chi connectivity index (χ2n) is 4.61. The third kappa shape index (κ3) is 2.12. The molecule has 2 nitrogen and oxygen atoms in total. The average molecular weight is 180 g/mol. The van der Waals surface area contributed by atoms with Gasteiger partial charge >= 0.3 is 0 Å². The normalized spacial score (nSPS) is 34.5. The van der Waals surface area contributed by atoms with Crippen LogP contribution in [0.5, 0.6) is 0 Å². The Morgan fingerprint density at radius 3 is 3.08 bits per heavy atom. The highest BCUT2D eigenvalue weighted by molar-refractivity contribution is 4.98. The van der Waals surface area contributed by atoms with Crippen LogP contribution < -0.4 is 5.32 Å². The Balaban J connectivity index is 1.87. The molecule has 0 bridgehead atoms. The topological polar surface area (TPSA) is 15.3 Å². The summed E-state index contributed by atoms with van der Waals surface area (Å²) in [7, 11) is 0. The highest BCUT2D eigenvalue weighted by Gasteiger charge is 2.33. The van der Waals surface area contributed by atoms with E-state index in [1.807, 2.05) is 0 Å². The Labute approximate surface area is 81.0 Å². The summed E-state index contributed by atoms with van der Waals surface area (Å²) in [5, 5.41) is 3.61. The Kier molecular flexibility index (Phi) is 2.70. The third-order valence-electron chi connectivity index (χ3n) is 3.17. The Morgan fingerprint density at radius 2 is 2.38 bits per heavy atom. The van der Waals surface area contributed by atoms with Crippen molar-refractivity contribution in [3.8, 4) is 0 Å². The number of rotatable bonds is 2. The molecule has 2 heterocycles. The third-order valence-corrected chi connectivity index (χ3v) is 3.17. The first-order chi connectivity index (χ1) is 6.25. The van der Waals surface area contributed by atoms with Gasteiger partial charge in [-0.05, 0) is 32.2 Å². The quantitative estimate of drug-likeness (QED) is 0.643. The molecule has 2 fully saturated rings. The number of likely N-dealkylation sites (tertiary alicyclic amines) is 1. The molecular formula is C11H20N2. The van der Waals surface area contributed by atoms with Gasteiger partial charge in [-0.2, -0.15) is 0 Å². The van der Waals surface area contributed by atoms with Crippen molar-refractivity contribution in [2.24, 2.45) is 5.92 Å². The van der Waals surface area contributed by atoms with Crippen molar-refractivity contribution in [2.75, 3.05) is 26.2 Å². The second kappa shape index (κ2) is 3.81. The number of piperidine rings is 1. The summed E-state index contributed by atoms with van der Waals surface area (Å²) < 4.78 is 0. The molecule has 2 atom stereocenters. The van der Waals surface area contributed by atoms with E-state index < -0.39 is 0 Å². The van der Waals surface area contributed by atoms with Crippen LogP contribution in [0.15, 0.2) is 12.2 Å². The van der Waals surface area contributed by atoms with Gasteiger partial charge in [-0.15, -0.1) is 0 Å². The summed E-state index contributed by atoms with van der Waals surface area (Å²) in [6, 6.07) is 0.771. The van der Waals surface area contributed by atoms with Gasteiger partial charge in [0.1, 0.15) is 0 Å². The number of fused-ring (bicyclic) bond motifs is 1. The van der Waals surface area contributed by atoms with Crippen molar-refractivity contribution in [3.05, 3.63) is 12.2 Å². The molecule has 0 spiro atoms. The highest BCUT2D eigenvalue weighted by Crippen LogP contribution is 2.24. The Hall–Kier alpha value is -0.340. The summed E-state index contributed by atoms with van der Waals surface area (Å²) in [6.07, 6.45) is 2.78. The fraction of sp³-hybridized carbons (Fsp3) is 0.818. The fourth-order valence-electron chi connectivity index (χ4n) is 2.65. The molecule has 0 aromatic rings. The van der Waals surface area contributed by atoms with Gasteiger partial charge in [0.15, 0.2) is 0 Å². The van der Waals surface area contributed by atoms with Crippen LogP contribution in [0.2, 0.25) is 0 Å². The Morgan fingerprint density at radius 1 is 1.54 bits per heavy atom. The van der Waals surface area contributed by atoms with Crippen LogP contribution in [0.4, 0.5) is 0 Å². The maximum atomic E-state index is 3.97. The first kappa shape index (κ1) is 9.22. The molecule has 2 heteroatoms. The van der Waals surface area contributed by atoms with Crippen LogP contribution >= 0.6 is 0 Å². The van der Waals surface area contributed by atoms with Crippen molar-refractivity contribution < 1.29 is 0 Å². The molecule has 2 rings (SSSR count). The summed E-state index contributed by atoms with van der Waals surface area (Å²) >= 11 is 0. The van der Waals surface area contributed by atoms with E-state index in [1.54, 1.807) is 0 Å². The van der Waals surface area contributed by atoms with Crippen LogP contribution in [0.3, 0.4) is 0 Å². The predicted molar refractivity (Wildman–Crippen MR) is 55.8 cm³/mol. The largest absolute Gasteiger partial charge is 0.312 e. The molecule has 0 aliphatic carbocycles. The van der Waals surface area contributed by atoms with Gasteiger partial charge in [0.05, 0.1) is 0 Å². The average Bonchev–Trinajstić information content (AvgIpc) is 2.44. The van der Waals surface area contributed by atoms with E-state index in [1.165, 1.54) is 38.0 Å². The van der Waals surface area contributed by atoms with Gasteiger partial charge < -0.3 is 5.32 Å². The molecule has 2 saturated heterocycles. The van der Waals surface area contributed by atoms with Crippen LogP contribution in [-0.4, -0.2) is 37.1 Å². The molecule has 1 N–H and O–H groups in total. The molecule has 74 valence electrons. The van der Waals surface area contributed by atoms with Crippen molar-refractivity contribution in [3.63, 3.8) is 0 Å². The van der Waals surface area contributed by atoms with Crippen LogP contribution in [0, 0.1) is 5.92 Å². The summed E-state index contributed by atoms with van der Waals surface area (Å²) in [6.45, 7) is 10.9. The molecule has 0 aromatic carbocycles. The predicted octanol–water partition coefficient (Wildman–Crippen LogP) is 1.25. The molecule has 2 unspecified atom stereocenters. The zero-order valence-electron chi connectivity index (χ0n) is 8.55. The van der Waals surface area contributed by atoms with E-state index in [0.717, 1.165) is 18.5 Å². The smallest absolute Gasteiger partial charge is 0.0235 e. The number of hydrogen-bond donors (Lipinski definition) is 1. The van der Waals surface area contributed by atoms with E-state index in [2.05, 4.69) is 23.7 Å². The van der Waals surface area contributed by atoms with Gasteiger partial charge in [-0.3, -0.25) is 4.90 Å². The van der Waals surface area contributed by atoms with E-state index in [4.69, 9.17) is 0 Å². The minimum absolute atomic E-state index is 0.771. The van der Waals surface area contributed by atoms with Gasteiger partial charge in [0.25, 0.3) is 0 Å². The second-order valence-corrected chi connectivity index (χ2v) is 4.61. The lowest BCUT2D eigenvalue weighted by atomic mass is 9.94. The van der Waals surface area contributed by atoms with Crippen molar-refractivity contribution in [2.45, 2.75) is 25.8 Å². The first-order valence-electron chi connectivity index (χ1n) is 5.36. The van der Waals surface area contributed by atoms with Crippen molar-refractivity contribution in [1.29, 1.82) is 0 Å². The molecule has 13 heavy (non-hydrogen) atoms. The van der Waals surface area contributed by atoms with Crippen molar-refractivity contribution >= 4 is 0 Å². The van der Waals surface area contributed by atoms with Crippen LogP contribution in [0.25, 0.3) is 0 Å². The lowest BCUT2D eigenvalue weighted by Gasteiger charge is -2.24. The van der Waals surface area contributed by atoms with E-state index in [-0.39, 0.29) is 0 Å². The van der Waals surface area contributed by atoms with Crippen LogP contribution in [-0.2, 0) is 0 Å². The molecule has 0 saturated carbocycles. The number of nitrogens with one attached hydrogen (secondary N) is 1. The molecule has 0 aromatic heterocycles. The molecule has 0 radical (unpaired) electrons. The minimum atomic E-state index is 0.771. The number of nitrogens with zero attached hydrogens (tertiary/aromatic N) is 1. The lowest BCUT2D eigenvalue weighted by molar-refractivity contribution is 0.334. The highest BCUT2D eigenvalue weighted by atomic mass is 15.2. The molecule has 2 aliphatic heterocycles. The van der Waals surface area contributed by atoms with E-state index >= 15 is 0 Å². The van der Waals surface area contributed by atoms with E-state index in [9.17, 15) is 0 Å². The monoisotopic (exact) mass is 180 g/mol. The lowest BCUT2D eigenvalue weighted by Crippen LogP contribution is -2.40. The van der Waals surface area contributed by atoms with E-state index in [0.29, 0.717) is 0 Å². The van der Waals surface area contributed by atoms with Crippen molar-refractivity contribution in [1.82, 2.24) is 10.2 Å². The minimum Gasteiger partial charge on any atom is -0.312 e. The summed E-state index contributed by atoms with van der Waals surface area (Å²) in [5.74, 6) is 0.910. The molecule has 0 amide bonds.